The number of sulfonamides is 1. The topological polar surface area (TPSA) is 64.4 Å². The van der Waals surface area contributed by atoms with Gasteiger partial charge in [-0.05, 0) is 36.1 Å². The highest BCUT2D eigenvalue weighted by atomic mass is 32.2. The van der Waals surface area contributed by atoms with Gasteiger partial charge in [-0.3, -0.25) is 4.90 Å². The average Bonchev–Trinajstić information content (AvgIpc) is 2.66. The fraction of sp³-hybridized carbons (Fsp3) is 0.381. The SMILES string of the molecule is Cc1ccccc1CS(=O)(=O)N1CCN(C(C#N)c2ccccc2C)CC1. The average molecular weight is 384 g/mol. The van der Waals surface area contributed by atoms with E-state index in [9.17, 15) is 13.7 Å². The number of nitrogens with zero attached hydrogens (tertiary/aromatic N) is 3. The highest BCUT2D eigenvalue weighted by molar-refractivity contribution is 7.88. The number of piperazine rings is 1. The van der Waals surface area contributed by atoms with E-state index < -0.39 is 10.0 Å². The van der Waals surface area contributed by atoms with Crippen molar-refractivity contribution in [3.63, 3.8) is 0 Å². The third kappa shape index (κ3) is 4.38. The largest absolute Gasteiger partial charge is 0.282 e. The van der Waals surface area contributed by atoms with E-state index >= 15 is 0 Å². The minimum absolute atomic E-state index is 0.0269. The molecule has 3 rings (SSSR count). The maximum Gasteiger partial charge on any atom is 0.218 e. The van der Waals surface area contributed by atoms with E-state index in [1.807, 2.05) is 62.4 Å². The normalized spacial score (nSPS) is 17.4. The monoisotopic (exact) mass is 383 g/mol. The second kappa shape index (κ2) is 8.22. The molecule has 0 spiro atoms. The molecule has 0 bridgehead atoms. The van der Waals surface area contributed by atoms with Crippen LogP contribution < -0.4 is 0 Å². The first-order valence-electron chi connectivity index (χ1n) is 9.14. The van der Waals surface area contributed by atoms with Crippen molar-refractivity contribution in [2.75, 3.05) is 26.2 Å². The molecule has 0 aliphatic carbocycles. The Labute approximate surface area is 161 Å². The fourth-order valence-electron chi connectivity index (χ4n) is 3.54. The molecule has 1 saturated heterocycles. The van der Waals surface area contributed by atoms with E-state index in [-0.39, 0.29) is 11.8 Å². The van der Waals surface area contributed by atoms with Crippen LogP contribution in [0.4, 0.5) is 0 Å². The van der Waals surface area contributed by atoms with E-state index in [2.05, 4.69) is 11.0 Å². The molecule has 1 unspecified atom stereocenters. The molecule has 2 aromatic rings. The van der Waals surface area contributed by atoms with Crippen molar-refractivity contribution in [3.05, 3.63) is 70.8 Å². The Morgan fingerprint density at radius 3 is 2.15 bits per heavy atom. The molecule has 1 heterocycles. The van der Waals surface area contributed by atoms with Crippen molar-refractivity contribution < 1.29 is 8.42 Å². The van der Waals surface area contributed by atoms with Gasteiger partial charge in [0.2, 0.25) is 10.0 Å². The van der Waals surface area contributed by atoms with Crippen molar-refractivity contribution >= 4 is 10.0 Å². The number of rotatable bonds is 5. The smallest absolute Gasteiger partial charge is 0.218 e. The summed E-state index contributed by atoms with van der Waals surface area (Å²) >= 11 is 0. The van der Waals surface area contributed by atoms with Crippen LogP contribution in [0.1, 0.15) is 28.3 Å². The maximum atomic E-state index is 12.8. The predicted octanol–water partition coefficient (Wildman–Crippen LogP) is 3.02. The molecule has 0 radical (unpaired) electrons. The minimum Gasteiger partial charge on any atom is -0.282 e. The van der Waals surface area contributed by atoms with E-state index in [1.54, 1.807) is 4.31 Å². The van der Waals surface area contributed by atoms with Crippen LogP contribution in [0.3, 0.4) is 0 Å². The van der Waals surface area contributed by atoms with Gasteiger partial charge in [0.25, 0.3) is 0 Å². The minimum atomic E-state index is -3.36. The van der Waals surface area contributed by atoms with E-state index in [4.69, 9.17) is 0 Å². The number of hydrogen-bond acceptors (Lipinski definition) is 4. The third-order valence-corrected chi connectivity index (χ3v) is 7.06. The fourth-order valence-corrected chi connectivity index (χ4v) is 5.16. The zero-order chi connectivity index (χ0) is 19.4. The van der Waals surface area contributed by atoms with Gasteiger partial charge in [0.1, 0.15) is 6.04 Å². The molecule has 1 atom stereocenters. The van der Waals surface area contributed by atoms with Gasteiger partial charge in [-0.1, -0.05) is 48.5 Å². The molecule has 1 aliphatic heterocycles. The van der Waals surface area contributed by atoms with Gasteiger partial charge in [0.15, 0.2) is 0 Å². The molecule has 0 N–H and O–H groups in total. The number of nitriles is 1. The molecule has 6 heteroatoms. The molecular formula is C21H25N3O2S. The first-order chi connectivity index (χ1) is 12.9. The highest BCUT2D eigenvalue weighted by Crippen LogP contribution is 2.25. The predicted molar refractivity (Wildman–Crippen MR) is 106 cm³/mol. The summed E-state index contributed by atoms with van der Waals surface area (Å²) in [5, 5.41) is 9.68. The summed E-state index contributed by atoms with van der Waals surface area (Å²) in [6.45, 7) is 5.88. The molecule has 0 saturated carbocycles. The number of hydrogen-bond donors (Lipinski definition) is 0. The molecule has 5 nitrogen and oxygen atoms in total. The van der Waals surface area contributed by atoms with Crippen LogP contribution in [-0.4, -0.2) is 43.8 Å². The first kappa shape index (κ1) is 19.6. The van der Waals surface area contributed by atoms with Gasteiger partial charge in [0, 0.05) is 26.2 Å². The molecule has 27 heavy (non-hydrogen) atoms. The van der Waals surface area contributed by atoms with Gasteiger partial charge in [-0.15, -0.1) is 0 Å². The number of aryl methyl sites for hydroxylation is 2. The van der Waals surface area contributed by atoms with Crippen molar-refractivity contribution in [3.8, 4) is 6.07 Å². The lowest BCUT2D eigenvalue weighted by Gasteiger charge is -2.36. The highest BCUT2D eigenvalue weighted by Gasteiger charge is 2.31. The van der Waals surface area contributed by atoms with Crippen LogP contribution in [0.2, 0.25) is 0 Å². The van der Waals surface area contributed by atoms with E-state index in [0.29, 0.717) is 26.2 Å². The van der Waals surface area contributed by atoms with Gasteiger partial charge in [-0.25, -0.2) is 8.42 Å². The Kier molecular flexibility index (Phi) is 5.95. The summed E-state index contributed by atoms with van der Waals surface area (Å²) in [6, 6.07) is 17.5. The van der Waals surface area contributed by atoms with E-state index in [0.717, 1.165) is 22.3 Å². The summed E-state index contributed by atoms with van der Waals surface area (Å²) in [5.74, 6) is 0.0269. The van der Waals surface area contributed by atoms with Crippen LogP contribution in [0.25, 0.3) is 0 Å². The first-order valence-corrected chi connectivity index (χ1v) is 10.7. The zero-order valence-electron chi connectivity index (χ0n) is 15.8. The van der Waals surface area contributed by atoms with Crippen LogP contribution in [-0.2, 0) is 15.8 Å². The molecule has 1 aliphatic rings. The van der Waals surface area contributed by atoms with Crippen LogP contribution in [0, 0.1) is 25.2 Å². The Bertz CT molecular complexity index is 942. The van der Waals surface area contributed by atoms with Gasteiger partial charge >= 0.3 is 0 Å². The van der Waals surface area contributed by atoms with E-state index in [1.165, 1.54) is 0 Å². The Balaban J connectivity index is 1.68. The number of benzene rings is 2. The lowest BCUT2D eigenvalue weighted by molar-refractivity contribution is 0.162. The lowest BCUT2D eigenvalue weighted by Crippen LogP contribution is -2.49. The van der Waals surface area contributed by atoms with Crippen molar-refractivity contribution in [2.24, 2.45) is 0 Å². The molecule has 2 aromatic carbocycles. The van der Waals surface area contributed by atoms with Crippen LogP contribution >= 0.6 is 0 Å². The molecule has 0 aromatic heterocycles. The van der Waals surface area contributed by atoms with Gasteiger partial charge in [0.05, 0.1) is 11.8 Å². The molecular weight excluding hydrogens is 358 g/mol. The summed E-state index contributed by atoms with van der Waals surface area (Å²) in [5.41, 5.74) is 3.91. The Morgan fingerprint density at radius 1 is 0.963 bits per heavy atom. The summed E-state index contributed by atoms with van der Waals surface area (Å²) in [6.07, 6.45) is 0. The Morgan fingerprint density at radius 2 is 1.56 bits per heavy atom. The second-order valence-electron chi connectivity index (χ2n) is 7.01. The lowest BCUT2D eigenvalue weighted by atomic mass is 10.0. The molecule has 142 valence electrons. The molecule has 0 amide bonds. The standard InChI is InChI=1S/C21H25N3O2S/c1-17-7-3-5-9-19(17)16-27(25,26)24-13-11-23(12-14-24)21(15-22)20-10-6-4-8-18(20)2/h3-10,21H,11-14,16H2,1-2H3. The Hall–Kier alpha value is -2.20. The van der Waals surface area contributed by atoms with Crippen molar-refractivity contribution in [1.29, 1.82) is 5.26 Å². The summed E-state index contributed by atoms with van der Waals surface area (Å²) in [4.78, 5) is 2.07. The quantitative estimate of drug-likeness (QED) is 0.796. The zero-order valence-corrected chi connectivity index (χ0v) is 16.6. The van der Waals surface area contributed by atoms with Gasteiger partial charge in [-0.2, -0.15) is 9.57 Å². The van der Waals surface area contributed by atoms with Crippen molar-refractivity contribution in [1.82, 2.24) is 9.21 Å². The van der Waals surface area contributed by atoms with Crippen molar-refractivity contribution in [2.45, 2.75) is 25.6 Å². The maximum absolute atomic E-state index is 12.8. The second-order valence-corrected chi connectivity index (χ2v) is 8.97. The molecule has 1 fully saturated rings. The summed E-state index contributed by atoms with van der Waals surface area (Å²) < 4.78 is 27.2. The summed E-state index contributed by atoms with van der Waals surface area (Å²) in [7, 11) is -3.36. The van der Waals surface area contributed by atoms with Gasteiger partial charge < -0.3 is 0 Å². The van der Waals surface area contributed by atoms with Crippen LogP contribution in [0.5, 0.6) is 0 Å². The third-order valence-electron chi connectivity index (χ3n) is 5.24. The van der Waals surface area contributed by atoms with Crippen LogP contribution in [0.15, 0.2) is 48.5 Å².